The van der Waals surface area contributed by atoms with Crippen LogP contribution in [0.15, 0.2) is 24.5 Å². The number of carboxylic acids is 1. The first kappa shape index (κ1) is 14.5. The minimum absolute atomic E-state index is 0.192. The minimum Gasteiger partial charge on any atom is -0.480 e. The van der Waals surface area contributed by atoms with Gasteiger partial charge >= 0.3 is 5.97 Å². The summed E-state index contributed by atoms with van der Waals surface area (Å²) in [6.45, 7) is 0. The maximum atomic E-state index is 12.1. The van der Waals surface area contributed by atoms with Crippen molar-refractivity contribution in [3.05, 3.63) is 30.1 Å². The van der Waals surface area contributed by atoms with Crippen LogP contribution in [0.3, 0.4) is 0 Å². The molecule has 0 unspecified atom stereocenters. The van der Waals surface area contributed by atoms with Gasteiger partial charge in [-0.1, -0.05) is 25.7 Å². The van der Waals surface area contributed by atoms with Crippen molar-refractivity contribution in [2.24, 2.45) is 0 Å². The molecule has 108 valence electrons. The molecule has 0 spiro atoms. The fourth-order valence-electron chi connectivity index (χ4n) is 2.72. The Kier molecular flexibility index (Phi) is 4.71. The molecule has 1 heterocycles. The monoisotopic (exact) mass is 276 g/mol. The molecule has 1 fully saturated rings. The van der Waals surface area contributed by atoms with E-state index in [0.29, 0.717) is 12.8 Å². The van der Waals surface area contributed by atoms with E-state index in [0.717, 1.165) is 31.2 Å². The SMILES string of the molecule is O=C(Cc1ccncc1)NC1(C(=O)O)CCCCCC1. The van der Waals surface area contributed by atoms with E-state index in [2.05, 4.69) is 10.3 Å². The van der Waals surface area contributed by atoms with Crippen LogP contribution >= 0.6 is 0 Å². The summed E-state index contributed by atoms with van der Waals surface area (Å²) < 4.78 is 0. The molecule has 1 amide bonds. The lowest BCUT2D eigenvalue weighted by atomic mass is 9.90. The van der Waals surface area contributed by atoms with Crippen molar-refractivity contribution in [1.82, 2.24) is 10.3 Å². The molecule has 0 radical (unpaired) electrons. The van der Waals surface area contributed by atoms with Crippen molar-refractivity contribution in [1.29, 1.82) is 0 Å². The Bertz CT molecular complexity index is 465. The summed E-state index contributed by atoms with van der Waals surface area (Å²) >= 11 is 0. The van der Waals surface area contributed by atoms with E-state index in [9.17, 15) is 14.7 Å². The number of carbonyl (C=O) groups is 2. The van der Waals surface area contributed by atoms with Gasteiger partial charge in [-0.25, -0.2) is 4.79 Å². The van der Waals surface area contributed by atoms with Gasteiger partial charge in [-0.3, -0.25) is 9.78 Å². The predicted octanol–water partition coefficient (Wildman–Crippen LogP) is 1.92. The molecule has 1 aliphatic carbocycles. The van der Waals surface area contributed by atoms with Crippen LogP contribution in [-0.2, 0) is 16.0 Å². The van der Waals surface area contributed by atoms with Gasteiger partial charge in [-0.15, -0.1) is 0 Å². The van der Waals surface area contributed by atoms with Gasteiger partial charge in [0.2, 0.25) is 5.91 Å². The molecule has 1 aliphatic rings. The van der Waals surface area contributed by atoms with Crippen LogP contribution in [0.4, 0.5) is 0 Å². The zero-order chi connectivity index (χ0) is 14.4. The number of rotatable bonds is 4. The van der Waals surface area contributed by atoms with Gasteiger partial charge in [0.05, 0.1) is 6.42 Å². The molecule has 1 aromatic heterocycles. The van der Waals surface area contributed by atoms with Crippen LogP contribution in [0.2, 0.25) is 0 Å². The van der Waals surface area contributed by atoms with Crippen molar-refractivity contribution >= 4 is 11.9 Å². The maximum absolute atomic E-state index is 12.1. The van der Waals surface area contributed by atoms with Crippen LogP contribution in [0.1, 0.15) is 44.1 Å². The highest BCUT2D eigenvalue weighted by Crippen LogP contribution is 2.27. The van der Waals surface area contributed by atoms with E-state index in [1.165, 1.54) is 0 Å². The first-order chi connectivity index (χ1) is 9.62. The van der Waals surface area contributed by atoms with Crippen molar-refractivity contribution in [3.8, 4) is 0 Å². The summed E-state index contributed by atoms with van der Waals surface area (Å²) in [5.74, 6) is -1.15. The summed E-state index contributed by atoms with van der Waals surface area (Å²) in [4.78, 5) is 27.6. The van der Waals surface area contributed by atoms with E-state index >= 15 is 0 Å². The van der Waals surface area contributed by atoms with Gasteiger partial charge in [-0.2, -0.15) is 0 Å². The molecule has 5 nitrogen and oxygen atoms in total. The van der Waals surface area contributed by atoms with Gasteiger partial charge in [0.1, 0.15) is 5.54 Å². The molecule has 20 heavy (non-hydrogen) atoms. The molecule has 0 saturated heterocycles. The lowest BCUT2D eigenvalue weighted by Crippen LogP contribution is -2.54. The van der Waals surface area contributed by atoms with Gasteiger partial charge in [0.25, 0.3) is 0 Å². The van der Waals surface area contributed by atoms with Crippen molar-refractivity contribution in [3.63, 3.8) is 0 Å². The van der Waals surface area contributed by atoms with Gasteiger partial charge in [0, 0.05) is 12.4 Å². The number of nitrogens with one attached hydrogen (secondary N) is 1. The second-order valence-electron chi connectivity index (χ2n) is 5.38. The summed E-state index contributed by atoms with van der Waals surface area (Å²) in [7, 11) is 0. The van der Waals surface area contributed by atoms with E-state index in [4.69, 9.17) is 0 Å². The second-order valence-corrected chi connectivity index (χ2v) is 5.38. The predicted molar refractivity (Wildman–Crippen MR) is 74.2 cm³/mol. The number of nitrogens with zero attached hydrogens (tertiary/aromatic N) is 1. The first-order valence-corrected chi connectivity index (χ1v) is 7.06. The second kappa shape index (κ2) is 6.50. The van der Waals surface area contributed by atoms with Crippen LogP contribution < -0.4 is 5.32 Å². The van der Waals surface area contributed by atoms with Crippen molar-refractivity contribution in [2.75, 3.05) is 0 Å². The highest BCUT2D eigenvalue weighted by atomic mass is 16.4. The van der Waals surface area contributed by atoms with Gasteiger partial charge in [0.15, 0.2) is 0 Å². The molecule has 0 aromatic carbocycles. The minimum atomic E-state index is -1.08. The molecule has 1 saturated carbocycles. The van der Waals surface area contributed by atoms with Crippen LogP contribution in [0.5, 0.6) is 0 Å². The zero-order valence-electron chi connectivity index (χ0n) is 11.5. The normalized spacial score (nSPS) is 18.0. The molecule has 2 rings (SSSR count). The number of hydrogen-bond acceptors (Lipinski definition) is 3. The Balaban J connectivity index is 2.04. The lowest BCUT2D eigenvalue weighted by Gasteiger charge is -2.29. The number of carbonyl (C=O) groups excluding carboxylic acids is 1. The average molecular weight is 276 g/mol. The van der Waals surface area contributed by atoms with Crippen molar-refractivity contribution < 1.29 is 14.7 Å². The number of amides is 1. The highest BCUT2D eigenvalue weighted by molar-refractivity contribution is 5.88. The van der Waals surface area contributed by atoms with E-state index in [1.54, 1.807) is 24.5 Å². The standard InChI is InChI=1S/C15H20N2O3/c18-13(11-12-5-9-16-10-6-12)17-15(14(19)20)7-3-1-2-4-8-15/h5-6,9-10H,1-4,7-8,11H2,(H,17,18)(H,19,20). The Hall–Kier alpha value is -1.91. The molecule has 0 aliphatic heterocycles. The van der Waals surface area contributed by atoms with Crippen LogP contribution in [0.25, 0.3) is 0 Å². The molecule has 0 atom stereocenters. The summed E-state index contributed by atoms with van der Waals surface area (Å²) in [5, 5.41) is 12.3. The first-order valence-electron chi connectivity index (χ1n) is 7.06. The van der Waals surface area contributed by atoms with E-state index in [1.807, 2.05) is 0 Å². The molecule has 2 N–H and O–H groups in total. The van der Waals surface area contributed by atoms with Crippen molar-refractivity contribution in [2.45, 2.75) is 50.5 Å². The smallest absolute Gasteiger partial charge is 0.329 e. The largest absolute Gasteiger partial charge is 0.480 e. The third kappa shape index (κ3) is 3.56. The molecule has 0 bridgehead atoms. The number of carboxylic acid groups (broad SMARTS) is 1. The van der Waals surface area contributed by atoms with E-state index in [-0.39, 0.29) is 12.3 Å². The number of pyridine rings is 1. The quantitative estimate of drug-likeness (QED) is 0.823. The molecule has 1 aromatic rings. The number of aliphatic carboxylic acids is 1. The summed E-state index contributed by atoms with van der Waals surface area (Å²) in [6.07, 6.45) is 8.25. The Labute approximate surface area is 118 Å². The lowest BCUT2D eigenvalue weighted by molar-refractivity contribution is -0.148. The average Bonchev–Trinajstić information content (AvgIpc) is 2.66. The maximum Gasteiger partial charge on any atom is 0.329 e. The topological polar surface area (TPSA) is 79.3 Å². The Morgan fingerprint density at radius 1 is 1.15 bits per heavy atom. The fourth-order valence-corrected chi connectivity index (χ4v) is 2.72. The fraction of sp³-hybridized carbons (Fsp3) is 0.533. The molecule has 5 heteroatoms. The zero-order valence-corrected chi connectivity index (χ0v) is 11.5. The summed E-state index contributed by atoms with van der Waals surface area (Å²) in [6, 6.07) is 3.53. The summed E-state index contributed by atoms with van der Waals surface area (Å²) in [5.41, 5.74) is -0.243. The van der Waals surface area contributed by atoms with Gasteiger partial charge < -0.3 is 10.4 Å². The van der Waals surface area contributed by atoms with Crippen LogP contribution in [-0.4, -0.2) is 27.5 Å². The van der Waals surface area contributed by atoms with Crippen LogP contribution in [0, 0.1) is 0 Å². The third-order valence-electron chi connectivity index (χ3n) is 3.86. The molecular weight excluding hydrogens is 256 g/mol. The third-order valence-corrected chi connectivity index (χ3v) is 3.86. The Morgan fingerprint density at radius 2 is 1.75 bits per heavy atom. The number of hydrogen-bond donors (Lipinski definition) is 2. The van der Waals surface area contributed by atoms with Gasteiger partial charge in [-0.05, 0) is 30.5 Å². The molecular formula is C15H20N2O3. The Morgan fingerprint density at radius 3 is 2.30 bits per heavy atom. The highest BCUT2D eigenvalue weighted by Gasteiger charge is 2.39. The van der Waals surface area contributed by atoms with E-state index < -0.39 is 11.5 Å². The number of aromatic nitrogens is 1.